The number of benzene rings is 2. The Kier molecular flexibility index (Phi) is 8.46. The number of imide groups is 2. The highest BCUT2D eigenvalue weighted by Gasteiger charge is 2.37. The second-order valence-electron chi connectivity index (χ2n) is 11.8. The van der Waals surface area contributed by atoms with Gasteiger partial charge in [-0.25, -0.2) is 19.1 Å². The second kappa shape index (κ2) is 12.8. The fourth-order valence-corrected chi connectivity index (χ4v) is 6.86. The number of barbiturate groups is 1. The Hall–Kier alpha value is -5.25. The molecule has 0 spiro atoms. The molecular formula is C35H34N4O6. The van der Waals surface area contributed by atoms with E-state index < -0.39 is 35.0 Å². The van der Waals surface area contributed by atoms with Crippen molar-refractivity contribution >= 4 is 29.6 Å². The van der Waals surface area contributed by atoms with Crippen LogP contribution >= 0.6 is 0 Å². The number of para-hydroxylation sites is 2. The molecule has 2 heterocycles. The van der Waals surface area contributed by atoms with Gasteiger partial charge in [-0.3, -0.25) is 24.7 Å². The van der Waals surface area contributed by atoms with Crippen LogP contribution in [0.25, 0.3) is 11.8 Å². The van der Waals surface area contributed by atoms with Gasteiger partial charge >= 0.3 is 11.7 Å². The third-order valence-corrected chi connectivity index (χ3v) is 9.15. The number of aromatic hydroxyl groups is 1. The van der Waals surface area contributed by atoms with Crippen molar-refractivity contribution in [3.63, 3.8) is 0 Å². The van der Waals surface area contributed by atoms with Gasteiger partial charge in [0.25, 0.3) is 17.4 Å². The second-order valence-corrected chi connectivity index (χ2v) is 11.8. The van der Waals surface area contributed by atoms with Gasteiger partial charge in [0.15, 0.2) is 0 Å². The quantitative estimate of drug-likeness (QED) is 0.205. The summed E-state index contributed by atoms with van der Waals surface area (Å²) in [7, 11) is 0. The number of amides is 4. The van der Waals surface area contributed by atoms with Crippen molar-refractivity contribution in [2.45, 2.75) is 44.9 Å². The third kappa shape index (κ3) is 6.08. The van der Waals surface area contributed by atoms with E-state index in [1.165, 1.54) is 31.4 Å². The van der Waals surface area contributed by atoms with Crippen LogP contribution in [0.3, 0.4) is 0 Å². The van der Waals surface area contributed by atoms with E-state index in [-0.39, 0.29) is 17.1 Å². The fourth-order valence-electron chi connectivity index (χ4n) is 6.86. The number of hydrogen-bond donors (Lipinski definition) is 3. The average molecular weight is 607 g/mol. The SMILES string of the molecule is O=C1NC(=O)N(c2ccccc2)C(=O)/C1=C/C=C(/C=C/c1c(O)n(-c2ccccc2)c(=O)[nH]c1=O)C1CCC2CCCCC2C1. The molecule has 0 radical (unpaired) electrons. The van der Waals surface area contributed by atoms with Gasteiger partial charge in [0.05, 0.1) is 11.4 Å². The number of aromatic nitrogens is 2. The third-order valence-electron chi connectivity index (χ3n) is 9.15. The molecule has 2 aromatic carbocycles. The van der Waals surface area contributed by atoms with E-state index in [4.69, 9.17) is 0 Å². The van der Waals surface area contributed by atoms with E-state index in [0.29, 0.717) is 23.2 Å². The smallest absolute Gasteiger partial charge is 0.335 e. The molecule has 0 bridgehead atoms. The first-order valence-corrected chi connectivity index (χ1v) is 15.3. The minimum absolute atomic E-state index is 0.0762. The van der Waals surface area contributed by atoms with E-state index in [9.17, 15) is 29.1 Å². The van der Waals surface area contributed by atoms with Crippen molar-refractivity contribution in [3.8, 4) is 11.6 Å². The van der Waals surface area contributed by atoms with Gasteiger partial charge in [-0.15, -0.1) is 0 Å². The molecule has 6 rings (SSSR count). The molecule has 1 aromatic heterocycles. The Bertz CT molecular complexity index is 1840. The van der Waals surface area contributed by atoms with Gasteiger partial charge in [0.2, 0.25) is 5.88 Å². The summed E-state index contributed by atoms with van der Waals surface area (Å²) in [6, 6.07) is 16.0. The lowest BCUT2D eigenvalue weighted by atomic mass is 9.66. The first-order valence-electron chi connectivity index (χ1n) is 15.3. The number of fused-ring (bicyclic) bond motifs is 1. The van der Waals surface area contributed by atoms with Crippen molar-refractivity contribution in [3.05, 3.63) is 116 Å². The maximum absolute atomic E-state index is 13.4. The molecule has 2 saturated carbocycles. The molecule has 10 heteroatoms. The summed E-state index contributed by atoms with van der Waals surface area (Å²) in [4.78, 5) is 67.5. The van der Waals surface area contributed by atoms with E-state index in [0.717, 1.165) is 40.7 Å². The predicted octanol–water partition coefficient (Wildman–Crippen LogP) is 4.99. The molecule has 10 nitrogen and oxygen atoms in total. The number of carbonyl (C=O) groups excluding carboxylic acids is 3. The van der Waals surface area contributed by atoms with Gasteiger partial charge in [0, 0.05) is 0 Å². The number of allylic oxidation sites excluding steroid dienone is 4. The first kappa shape index (κ1) is 29.8. The van der Waals surface area contributed by atoms with E-state index in [1.54, 1.807) is 72.8 Å². The minimum Gasteiger partial charge on any atom is -0.494 e. The van der Waals surface area contributed by atoms with Gasteiger partial charge in [-0.05, 0) is 79.0 Å². The fraction of sp³-hybridized carbons (Fsp3) is 0.286. The summed E-state index contributed by atoms with van der Waals surface area (Å²) >= 11 is 0. The first-order chi connectivity index (χ1) is 21.8. The number of aromatic amines is 1. The molecule has 3 aliphatic rings. The highest BCUT2D eigenvalue weighted by atomic mass is 16.3. The van der Waals surface area contributed by atoms with Gasteiger partial charge in [-0.1, -0.05) is 74.2 Å². The van der Waals surface area contributed by atoms with Gasteiger partial charge in [-0.2, -0.15) is 0 Å². The molecule has 3 N–H and O–H groups in total. The number of hydrogen-bond acceptors (Lipinski definition) is 6. The van der Waals surface area contributed by atoms with Crippen molar-refractivity contribution in [1.82, 2.24) is 14.9 Å². The van der Waals surface area contributed by atoms with Gasteiger partial charge < -0.3 is 5.11 Å². The Morgan fingerprint density at radius 1 is 0.822 bits per heavy atom. The van der Waals surface area contributed by atoms with Crippen LogP contribution in [0, 0.1) is 17.8 Å². The number of H-pyrrole nitrogens is 1. The van der Waals surface area contributed by atoms with Crippen molar-refractivity contribution < 1.29 is 19.5 Å². The maximum Gasteiger partial charge on any atom is 0.335 e. The Balaban J connectivity index is 1.39. The number of nitrogens with one attached hydrogen (secondary N) is 2. The summed E-state index contributed by atoms with van der Waals surface area (Å²) in [5.74, 6) is -0.724. The zero-order valence-electron chi connectivity index (χ0n) is 24.6. The molecule has 1 aliphatic heterocycles. The predicted molar refractivity (Wildman–Crippen MR) is 170 cm³/mol. The molecule has 3 unspecified atom stereocenters. The molecule has 3 aromatic rings. The van der Waals surface area contributed by atoms with Gasteiger partial charge in [0.1, 0.15) is 11.1 Å². The van der Waals surface area contributed by atoms with Crippen LogP contribution < -0.4 is 21.5 Å². The lowest BCUT2D eigenvalue weighted by molar-refractivity contribution is -0.122. The highest BCUT2D eigenvalue weighted by Crippen LogP contribution is 2.45. The Labute approximate surface area is 259 Å². The van der Waals surface area contributed by atoms with E-state index in [1.807, 2.05) is 0 Å². The largest absolute Gasteiger partial charge is 0.494 e. The molecule has 3 atom stereocenters. The Morgan fingerprint density at radius 3 is 2.20 bits per heavy atom. The topological polar surface area (TPSA) is 142 Å². The Morgan fingerprint density at radius 2 is 1.49 bits per heavy atom. The summed E-state index contributed by atoms with van der Waals surface area (Å²) in [6.07, 6.45) is 13.9. The lowest BCUT2D eigenvalue weighted by Gasteiger charge is -2.39. The molecule has 3 fully saturated rings. The lowest BCUT2D eigenvalue weighted by Crippen LogP contribution is -2.54. The van der Waals surface area contributed by atoms with Crippen molar-refractivity contribution in [1.29, 1.82) is 0 Å². The van der Waals surface area contributed by atoms with Crippen LogP contribution in [-0.2, 0) is 9.59 Å². The van der Waals surface area contributed by atoms with E-state index >= 15 is 0 Å². The van der Waals surface area contributed by atoms with E-state index in [2.05, 4.69) is 10.3 Å². The summed E-state index contributed by atoms with van der Waals surface area (Å²) in [5, 5.41) is 13.3. The van der Waals surface area contributed by atoms with Crippen LogP contribution in [0.15, 0.2) is 99.6 Å². The monoisotopic (exact) mass is 606 g/mol. The standard InChI is InChI=1S/C35H34N4O6/c40-30-28(32(42)38(34(44)36-30)26-11-3-1-4-12-26)19-17-23(25-16-15-22-9-7-8-10-24(22)21-25)18-20-29-31(41)37-35(45)39(33(29)43)27-13-5-2-6-14-27/h1-6,11-14,17-20,22,24-25,42H,7-10,15-16,21H2,(H,36,40,44)(H,37,41,45)/b19-17+,23-18-,29-20+. The van der Waals surface area contributed by atoms with Crippen LogP contribution in [0.4, 0.5) is 10.5 Å². The minimum atomic E-state index is -0.823. The normalized spacial score (nSPS) is 23.3. The number of carbonyl (C=O) groups is 3. The zero-order valence-corrected chi connectivity index (χ0v) is 24.6. The van der Waals surface area contributed by atoms with Crippen molar-refractivity contribution in [2.24, 2.45) is 17.8 Å². The van der Waals surface area contributed by atoms with Crippen LogP contribution in [0.1, 0.15) is 50.5 Å². The summed E-state index contributed by atoms with van der Waals surface area (Å²) in [6.45, 7) is 0. The summed E-state index contributed by atoms with van der Waals surface area (Å²) in [5.41, 5.74) is -0.316. The molecule has 2 aliphatic carbocycles. The van der Waals surface area contributed by atoms with Crippen molar-refractivity contribution in [2.75, 3.05) is 4.90 Å². The van der Waals surface area contributed by atoms with Crippen LogP contribution in [0.5, 0.6) is 5.88 Å². The molecule has 1 saturated heterocycles. The van der Waals surface area contributed by atoms with Crippen LogP contribution in [0.2, 0.25) is 0 Å². The number of rotatable bonds is 6. The number of anilines is 1. The number of nitrogens with zero attached hydrogens (tertiary/aromatic N) is 2. The molecule has 230 valence electrons. The zero-order chi connectivity index (χ0) is 31.5. The maximum atomic E-state index is 13.4. The molecular weight excluding hydrogens is 572 g/mol. The highest BCUT2D eigenvalue weighted by molar-refractivity contribution is 6.37. The average Bonchev–Trinajstić information content (AvgIpc) is 3.04. The summed E-state index contributed by atoms with van der Waals surface area (Å²) < 4.78 is 1.03. The number of urea groups is 1. The van der Waals surface area contributed by atoms with Crippen LogP contribution in [-0.4, -0.2) is 32.5 Å². The molecule has 4 amide bonds. The molecule has 45 heavy (non-hydrogen) atoms.